The Balaban J connectivity index is 2.04. The zero-order valence-electron chi connectivity index (χ0n) is 15.7. The number of nitrogens with zero attached hydrogens (tertiary/aromatic N) is 3. The van der Waals surface area contributed by atoms with Gasteiger partial charge in [-0.3, -0.25) is 25.0 Å². The molecule has 0 fully saturated rings. The van der Waals surface area contributed by atoms with Gasteiger partial charge in [0.25, 0.3) is 11.4 Å². The van der Waals surface area contributed by atoms with E-state index in [4.69, 9.17) is 4.74 Å². The molecule has 0 heterocycles. The highest BCUT2D eigenvalue weighted by Crippen LogP contribution is 2.25. The fourth-order valence-corrected chi connectivity index (χ4v) is 2.42. The second-order valence-corrected chi connectivity index (χ2v) is 6.04. The number of carbonyl (C=O) groups is 1. The zero-order chi connectivity index (χ0) is 21.2. The van der Waals surface area contributed by atoms with Gasteiger partial charge in [-0.15, -0.1) is 0 Å². The van der Waals surface area contributed by atoms with Gasteiger partial charge < -0.3 is 4.74 Å². The summed E-state index contributed by atoms with van der Waals surface area (Å²) in [5.74, 6) is 0.0348. The largest absolute Gasteiger partial charge is 0.493 e. The number of nitrogens with one attached hydrogen (secondary N) is 1. The zero-order valence-corrected chi connectivity index (χ0v) is 15.7. The normalized spacial score (nSPS) is 10.7. The summed E-state index contributed by atoms with van der Waals surface area (Å²) in [7, 11) is 0. The minimum absolute atomic E-state index is 0.0524. The average molecular weight is 400 g/mol. The summed E-state index contributed by atoms with van der Waals surface area (Å²) in [5.41, 5.74) is 2.11. The van der Waals surface area contributed by atoms with Crippen molar-refractivity contribution in [1.82, 2.24) is 5.43 Å². The van der Waals surface area contributed by atoms with Crippen LogP contribution in [0.5, 0.6) is 5.75 Å². The summed E-state index contributed by atoms with van der Waals surface area (Å²) >= 11 is 0. The predicted octanol–water partition coefficient (Wildman–Crippen LogP) is 3.37. The SMILES string of the molecule is CCCCOc1ccccc1/C=N\NC(=O)Cc1ccc([N+](=O)[O-])cc1[N+](=O)[O-]. The first kappa shape index (κ1) is 21.5. The van der Waals surface area contributed by atoms with Crippen LogP contribution < -0.4 is 10.2 Å². The first-order chi connectivity index (χ1) is 13.9. The summed E-state index contributed by atoms with van der Waals surface area (Å²) in [5, 5.41) is 25.8. The quantitative estimate of drug-likeness (QED) is 0.281. The van der Waals surface area contributed by atoms with Gasteiger partial charge >= 0.3 is 0 Å². The van der Waals surface area contributed by atoms with Crippen LogP contribution in [0.15, 0.2) is 47.6 Å². The molecule has 2 rings (SSSR count). The Kier molecular flexibility index (Phi) is 7.78. The van der Waals surface area contributed by atoms with Crippen molar-refractivity contribution in [2.75, 3.05) is 6.61 Å². The van der Waals surface area contributed by atoms with Gasteiger partial charge in [0, 0.05) is 17.2 Å². The van der Waals surface area contributed by atoms with E-state index in [0.717, 1.165) is 25.0 Å². The first-order valence-corrected chi connectivity index (χ1v) is 8.87. The van der Waals surface area contributed by atoms with Crippen LogP contribution in [0.3, 0.4) is 0 Å². The maximum absolute atomic E-state index is 12.1. The standard InChI is InChI=1S/C19H20N4O6/c1-2-3-10-29-18-7-5-4-6-15(18)13-20-21-19(24)11-14-8-9-16(22(25)26)12-17(14)23(27)28/h4-9,12-13H,2-3,10-11H2,1H3,(H,21,24)/b20-13-. The summed E-state index contributed by atoms with van der Waals surface area (Å²) < 4.78 is 5.67. The molecule has 0 aromatic heterocycles. The molecule has 0 spiro atoms. The van der Waals surface area contributed by atoms with Crippen molar-refractivity contribution in [3.8, 4) is 5.75 Å². The topological polar surface area (TPSA) is 137 Å². The summed E-state index contributed by atoms with van der Waals surface area (Å²) in [6.07, 6.45) is 2.99. The lowest BCUT2D eigenvalue weighted by atomic mass is 10.1. The number of amides is 1. The molecule has 0 saturated carbocycles. The molecule has 1 amide bonds. The summed E-state index contributed by atoms with van der Waals surface area (Å²) in [4.78, 5) is 32.5. The van der Waals surface area contributed by atoms with Gasteiger partial charge in [0.2, 0.25) is 5.91 Å². The molecule has 0 saturated heterocycles. The predicted molar refractivity (Wildman–Crippen MR) is 106 cm³/mol. The number of rotatable bonds is 10. The molecule has 10 heteroatoms. The van der Waals surface area contributed by atoms with E-state index in [0.29, 0.717) is 17.9 Å². The summed E-state index contributed by atoms with van der Waals surface area (Å²) in [6, 6.07) is 10.3. The number of benzene rings is 2. The van der Waals surface area contributed by atoms with Crippen molar-refractivity contribution in [3.05, 3.63) is 73.8 Å². The Morgan fingerprint density at radius 2 is 1.93 bits per heavy atom. The Labute approximate surface area is 166 Å². The molecule has 0 atom stereocenters. The molecule has 0 unspecified atom stereocenters. The van der Waals surface area contributed by atoms with Crippen LogP contribution in [-0.2, 0) is 11.2 Å². The monoisotopic (exact) mass is 400 g/mol. The number of para-hydroxylation sites is 1. The molecule has 0 aliphatic rings. The molecule has 0 aliphatic carbocycles. The van der Waals surface area contributed by atoms with E-state index in [2.05, 4.69) is 17.5 Å². The molecule has 0 radical (unpaired) electrons. The Hall–Kier alpha value is -3.82. The van der Waals surface area contributed by atoms with Gasteiger partial charge in [-0.2, -0.15) is 5.10 Å². The van der Waals surface area contributed by atoms with E-state index in [1.165, 1.54) is 12.3 Å². The van der Waals surface area contributed by atoms with Crippen LogP contribution in [-0.4, -0.2) is 28.6 Å². The number of nitro benzene ring substituents is 2. The summed E-state index contributed by atoms with van der Waals surface area (Å²) in [6.45, 7) is 2.62. The second kappa shape index (κ2) is 10.5. The Morgan fingerprint density at radius 1 is 1.17 bits per heavy atom. The highest BCUT2D eigenvalue weighted by molar-refractivity contribution is 5.86. The lowest BCUT2D eigenvalue weighted by Crippen LogP contribution is -2.20. The third-order valence-electron chi connectivity index (χ3n) is 3.89. The van der Waals surface area contributed by atoms with Crippen LogP contribution in [0.1, 0.15) is 30.9 Å². The highest BCUT2D eigenvalue weighted by atomic mass is 16.6. The van der Waals surface area contributed by atoms with Crippen molar-refractivity contribution >= 4 is 23.5 Å². The minimum atomic E-state index is -0.761. The lowest BCUT2D eigenvalue weighted by molar-refractivity contribution is -0.394. The highest BCUT2D eigenvalue weighted by Gasteiger charge is 2.21. The third-order valence-corrected chi connectivity index (χ3v) is 3.89. The molecule has 2 aromatic carbocycles. The number of hydrogen-bond acceptors (Lipinski definition) is 7. The van der Waals surface area contributed by atoms with Crippen LogP contribution in [0, 0.1) is 20.2 Å². The number of carbonyl (C=O) groups excluding carboxylic acids is 1. The molecule has 2 aromatic rings. The van der Waals surface area contributed by atoms with Gasteiger partial charge in [0.05, 0.1) is 35.2 Å². The molecule has 1 N–H and O–H groups in total. The molecular formula is C19H20N4O6. The maximum atomic E-state index is 12.1. The molecular weight excluding hydrogens is 380 g/mol. The molecule has 0 aliphatic heterocycles. The smallest absolute Gasteiger partial charge is 0.279 e. The van der Waals surface area contributed by atoms with Gasteiger partial charge in [-0.25, -0.2) is 5.43 Å². The van der Waals surface area contributed by atoms with Crippen molar-refractivity contribution in [2.45, 2.75) is 26.2 Å². The Morgan fingerprint density at radius 3 is 2.62 bits per heavy atom. The number of unbranched alkanes of at least 4 members (excludes halogenated alkanes) is 1. The van der Waals surface area contributed by atoms with Crippen molar-refractivity contribution in [1.29, 1.82) is 0 Å². The van der Waals surface area contributed by atoms with Crippen LogP contribution in [0.2, 0.25) is 0 Å². The second-order valence-electron chi connectivity index (χ2n) is 6.04. The number of nitro groups is 2. The van der Waals surface area contributed by atoms with Crippen LogP contribution in [0.4, 0.5) is 11.4 Å². The molecule has 29 heavy (non-hydrogen) atoms. The maximum Gasteiger partial charge on any atom is 0.279 e. The number of hydrogen-bond donors (Lipinski definition) is 1. The van der Waals surface area contributed by atoms with E-state index in [1.54, 1.807) is 18.2 Å². The lowest BCUT2D eigenvalue weighted by Gasteiger charge is -2.08. The average Bonchev–Trinajstić information content (AvgIpc) is 2.69. The van der Waals surface area contributed by atoms with Gasteiger partial charge in [0.15, 0.2) is 0 Å². The van der Waals surface area contributed by atoms with E-state index in [-0.39, 0.29) is 12.0 Å². The fraction of sp³-hybridized carbons (Fsp3) is 0.263. The van der Waals surface area contributed by atoms with Crippen molar-refractivity contribution < 1.29 is 19.4 Å². The minimum Gasteiger partial charge on any atom is -0.493 e. The van der Waals surface area contributed by atoms with Gasteiger partial charge in [-0.1, -0.05) is 25.5 Å². The fourth-order valence-electron chi connectivity index (χ4n) is 2.42. The van der Waals surface area contributed by atoms with E-state index < -0.39 is 27.1 Å². The number of non-ortho nitro benzene ring substituents is 1. The van der Waals surface area contributed by atoms with Crippen molar-refractivity contribution in [3.63, 3.8) is 0 Å². The van der Waals surface area contributed by atoms with Gasteiger partial charge in [0.1, 0.15) is 5.75 Å². The van der Waals surface area contributed by atoms with E-state index >= 15 is 0 Å². The first-order valence-electron chi connectivity index (χ1n) is 8.87. The van der Waals surface area contributed by atoms with Crippen molar-refractivity contribution in [2.24, 2.45) is 5.10 Å². The molecule has 152 valence electrons. The third kappa shape index (κ3) is 6.38. The molecule has 0 bridgehead atoms. The number of ether oxygens (including phenoxy) is 1. The van der Waals surface area contributed by atoms with Crippen LogP contribution >= 0.6 is 0 Å². The number of hydrazone groups is 1. The van der Waals surface area contributed by atoms with E-state index in [9.17, 15) is 25.0 Å². The molecule has 10 nitrogen and oxygen atoms in total. The Bertz CT molecular complexity index is 929. The van der Waals surface area contributed by atoms with Gasteiger partial charge in [-0.05, 0) is 24.6 Å². The van der Waals surface area contributed by atoms with E-state index in [1.807, 2.05) is 6.07 Å². The van der Waals surface area contributed by atoms with Crippen LogP contribution in [0.25, 0.3) is 0 Å².